The average molecular weight is 270 g/mol. The van der Waals surface area contributed by atoms with Crippen LogP contribution in [0.4, 0.5) is 0 Å². The molecule has 2 aromatic carbocycles. The molecule has 0 heterocycles. The molecule has 0 aromatic heterocycles. The molecule has 0 aliphatic carbocycles. The molecule has 2 aromatic rings. The molecule has 19 heavy (non-hydrogen) atoms. The van der Waals surface area contributed by atoms with Crippen LogP contribution in [0.25, 0.3) is 10.8 Å². The number of rotatable bonds is 6. The summed E-state index contributed by atoms with van der Waals surface area (Å²) in [5.74, 6) is 0. The van der Waals surface area contributed by atoms with E-state index in [4.69, 9.17) is 0 Å². The monoisotopic (exact) mass is 270 g/mol. The highest BCUT2D eigenvalue weighted by Crippen LogP contribution is 2.34. The highest BCUT2D eigenvalue weighted by molar-refractivity contribution is 6.32. The van der Waals surface area contributed by atoms with Crippen molar-refractivity contribution in [1.82, 2.24) is 0 Å². The summed E-state index contributed by atoms with van der Waals surface area (Å²) in [7, 11) is -1.20. The molecule has 0 aliphatic rings. The number of hydrogen-bond acceptors (Lipinski definition) is 1. The number of hydrogen-bond donors (Lipinski definition) is 1. The van der Waals surface area contributed by atoms with E-state index in [1.807, 2.05) is 6.08 Å². The first-order chi connectivity index (χ1) is 9.27. The van der Waals surface area contributed by atoms with E-state index in [-0.39, 0.29) is 5.04 Å². The normalized spacial score (nSPS) is 14.8. The van der Waals surface area contributed by atoms with E-state index in [2.05, 4.69) is 56.0 Å². The Morgan fingerprint density at radius 1 is 1.21 bits per heavy atom. The van der Waals surface area contributed by atoms with E-state index in [0.717, 1.165) is 19.3 Å². The fraction of sp³-hybridized carbons (Fsp3) is 0.294. The van der Waals surface area contributed by atoms with Gasteiger partial charge in [-0.2, -0.15) is 0 Å². The zero-order valence-electron chi connectivity index (χ0n) is 11.6. The van der Waals surface area contributed by atoms with Crippen LogP contribution < -0.4 is 0 Å². The lowest BCUT2D eigenvalue weighted by Gasteiger charge is -2.29. The predicted octanol–water partition coefficient (Wildman–Crippen LogP) is 3.49. The Hall–Kier alpha value is -1.38. The molecule has 1 atom stereocenters. The Labute approximate surface area is 117 Å². The minimum Gasteiger partial charge on any atom is -0.437 e. The highest BCUT2D eigenvalue weighted by atomic mass is 28.2. The van der Waals surface area contributed by atoms with Crippen LogP contribution in [0.1, 0.15) is 31.7 Å². The Morgan fingerprint density at radius 3 is 2.63 bits per heavy atom. The maximum absolute atomic E-state index is 10.1. The van der Waals surface area contributed by atoms with Crippen molar-refractivity contribution in [2.75, 3.05) is 0 Å². The number of fused-ring (bicyclic) bond motifs is 1. The van der Waals surface area contributed by atoms with Crippen molar-refractivity contribution in [2.45, 2.75) is 31.2 Å². The Bertz CT molecular complexity index is 559. The molecular weight excluding hydrogens is 248 g/mol. The fourth-order valence-electron chi connectivity index (χ4n) is 2.73. The Balaban J connectivity index is 2.58. The van der Waals surface area contributed by atoms with Crippen molar-refractivity contribution in [3.05, 3.63) is 60.7 Å². The predicted molar refractivity (Wildman–Crippen MR) is 86.1 cm³/mol. The summed E-state index contributed by atoms with van der Waals surface area (Å²) in [6, 6.07) is 14.8. The van der Waals surface area contributed by atoms with Gasteiger partial charge in [0.25, 0.3) is 0 Å². The molecule has 0 saturated carbocycles. The van der Waals surface area contributed by atoms with Gasteiger partial charge in [0.05, 0.1) is 0 Å². The van der Waals surface area contributed by atoms with Crippen LogP contribution in [0, 0.1) is 0 Å². The zero-order valence-corrected chi connectivity index (χ0v) is 13.0. The molecule has 0 fully saturated rings. The second-order valence-corrected chi connectivity index (χ2v) is 6.73. The zero-order chi connectivity index (χ0) is 13.7. The second-order valence-electron chi connectivity index (χ2n) is 5.15. The van der Waals surface area contributed by atoms with Gasteiger partial charge in [0.15, 0.2) is 9.76 Å². The second kappa shape index (κ2) is 6.18. The molecule has 1 N–H and O–H groups in total. The molecule has 2 heteroatoms. The molecule has 0 bridgehead atoms. The van der Waals surface area contributed by atoms with Crippen molar-refractivity contribution in [2.24, 2.45) is 0 Å². The van der Waals surface area contributed by atoms with Crippen LogP contribution >= 0.6 is 0 Å². The van der Waals surface area contributed by atoms with Gasteiger partial charge in [-0.05, 0) is 22.8 Å². The lowest BCUT2D eigenvalue weighted by Crippen LogP contribution is -2.31. The largest absolute Gasteiger partial charge is 0.437 e. The van der Waals surface area contributed by atoms with Gasteiger partial charge >= 0.3 is 0 Å². The van der Waals surface area contributed by atoms with Gasteiger partial charge in [-0.1, -0.05) is 68.3 Å². The van der Waals surface area contributed by atoms with Gasteiger partial charge in [0.1, 0.15) is 0 Å². The summed E-state index contributed by atoms with van der Waals surface area (Å²) in [5, 5.41) is 2.31. The molecule has 1 nitrogen and oxygen atoms in total. The van der Waals surface area contributed by atoms with E-state index in [0.29, 0.717) is 0 Å². The molecule has 0 amide bonds. The molecule has 0 aliphatic heterocycles. The van der Waals surface area contributed by atoms with Crippen LogP contribution in [0.5, 0.6) is 0 Å². The standard InChI is InChI=1S/C17H22OSi/c1-3-5-13-17(4-2,19-18)16-12-8-10-14-9-6-7-11-15(14)16/h4,6-12,18H,2-3,5,13,19H2,1H3. The molecule has 100 valence electrons. The lowest BCUT2D eigenvalue weighted by molar-refractivity contribution is 0.515. The lowest BCUT2D eigenvalue weighted by atomic mass is 9.88. The van der Waals surface area contributed by atoms with Crippen molar-refractivity contribution >= 4 is 20.5 Å². The van der Waals surface area contributed by atoms with Crippen molar-refractivity contribution < 1.29 is 4.80 Å². The van der Waals surface area contributed by atoms with E-state index >= 15 is 0 Å². The van der Waals surface area contributed by atoms with E-state index in [1.165, 1.54) is 16.3 Å². The minimum absolute atomic E-state index is 0.184. The molecule has 0 radical (unpaired) electrons. The van der Waals surface area contributed by atoms with Gasteiger partial charge in [-0.25, -0.2) is 0 Å². The van der Waals surface area contributed by atoms with Crippen LogP contribution in [0.3, 0.4) is 0 Å². The summed E-state index contributed by atoms with van der Waals surface area (Å²) < 4.78 is 0. The third-order valence-corrected chi connectivity index (χ3v) is 5.56. The minimum atomic E-state index is -1.20. The van der Waals surface area contributed by atoms with Crippen LogP contribution in [0.2, 0.25) is 0 Å². The summed E-state index contributed by atoms with van der Waals surface area (Å²) in [5.41, 5.74) is 1.25. The van der Waals surface area contributed by atoms with Crippen molar-refractivity contribution in [1.29, 1.82) is 0 Å². The fourth-order valence-corrected chi connectivity index (χ4v) is 3.74. The smallest absolute Gasteiger partial charge is 0.170 e. The van der Waals surface area contributed by atoms with Gasteiger partial charge in [0.2, 0.25) is 0 Å². The first-order valence-electron chi connectivity index (χ1n) is 7.00. The molecule has 2 rings (SSSR count). The molecular formula is C17H22OSi. The van der Waals surface area contributed by atoms with Gasteiger partial charge < -0.3 is 4.80 Å². The first kappa shape index (κ1) is 14.0. The number of unbranched alkanes of at least 4 members (excludes halogenated alkanes) is 1. The third-order valence-electron chi connectivity index (χ3n) is 3.98. The topological polar surface area (TPSA) is 20.2 Å². The summed E-state index contributed by atoms with van der Waals surface area (Å²) in [6.45, 7) is 6.21. The maximum atomic E-state index is 10.1. The maximum Gasteiger partial charge on any atom is 0.170 e. The van der Waals surface area contributed by atoms with Gasteiger partial charge in [0, 0.05) is 5.04 Å². The highest BCUT2D eigenvalue weighted by Gasteiger charge is 2.29. The Kier molecular flexibility index (Phi) is 4.56. The molecule has 0 saturated heterocycles. The summed E-state index contributed by atoms with van der Waals surface area (Å²) in [4.78, 5) is 10.1. The van der Waals surface area contributed by atoms with Crippen LogP contribution in [-0.4, -0.2) is 14.6 Å². The SMILES string of the molecule is C=CC(CCCC)([SiH2]O)c1cccc2ccccc12. The average Bonchev–Trinajstić information content (AvgIpc) is 2.49. The Morgan fingerprint density at radius 2 is 1.95 bits per heavy atom. The summed E-state index contributed by atoms with van der Waals surface area (Å²) in [6.07, 6.45) is 5.26. The molecule has 1 unspecified atom stereocenters. The number of allylic oxidation sites excluding steroid dienone is 1. The van der Waals surface area contributed by atoms with Crippen LogP contribution in [0.15, 0.2) is 55.1 Å². The van der Waals surface area contributed by atoms with E-state index < -0.39 is 9.76 Å². The third kappa shape index (κ3) is 2.65. The van der Waals surface area contributed by atoms with Crippen LogP contribution in [-0.2, 0) is 5.04 Å². The van der Waals surface area contributed by atoms with E-state index in [9.17, 15) is 4.80 Å². The number of benzene rings is 2. The van der Waals surface area contributed by atoms with E-state index in [1.54, 1.807) is 0 Å². The molecule has 0 spiro atoms. The van der Waals surface area contributed by atoms with Crippen molar-refractivity contribution in [3.8, 4) is 0 Å². The summed E-state index contributed by atoms with van der Waals surface area (Å²) >= 11 is 0. The first-order valence-corrected chi connectivity index (χ1v) is 8.34. The van der Waals surface area contributed by atoms with Crippen molar-refractivity contribution in [3.63, 3.8) is 0 Å². The quantitative estimate of drug-likeness (QED) is 0.629. The van der Waals surface area contributed by atoms with Gasteiger partial charge in [-0.3, -0.25) is 0 Å². The van der Waals surface area contributed by atoms with Gasteiger partial charge in [-0.15, -0.1) is 6.58 Å².